The van der Waals surface area contributed by atoms with Crippen molar-refractivity contribution in [3.8, 4) is 23.8 Å². The normalized spacial score (nSPS) is 12.3. The van der Waals surface area contributed by atoms with Crippen LogP contribution in [0.4, 0.5) is 0 Å². The molecule has 1 aromatic rings. The second-order valence-electron chi connectivity index (χ2n) is 3.99. The Labute approximate surface area is 136 Å². The molecule has 0 aliphatic carbocycles. The van der Waals surface area contributed by atoms with E-state index in [1.807, 2.05) is 18.2 Å². The average molecular weight is 387 g/mol. The average Bonchev–Trinajstić information content (AvgIpc) is 2.90. The molecule has 0 unspecified atom stereocenters. The number of hydrogen-bond acceptors (Lipinski definition) is 3. The topological polar surface area (TPSA) is 54.9 Å². The van der Waals surface area contributed by atoms with E-state index in [0.29, 0.717) is 19.3 Å². The molecule has 1 heterocycles. The Hall–Kier alpha value is -1.62. The predicted octanol–water partition coefficient (Wildman–Crippen LogP) is 1.37. The van der Waals surface area contributed by atoms with Gasteiger partial charge in [0, 0.05) is 13.6 Å². The van der Waals surface area contributed by atoms with E-state index < -0.39 is 0 Å². The number of aliphatic imine (C=N–C) groups is 1. The van der Waals surface area contributed by atoms with Gasteiger partial charge >= 0.3 is 0 Å². The fourth-order valence-electron chi connectivity index (χ4n) is 1.78. The molecule has 2 rings (SSSR count). The first-order valence-corrected chi connectivity index (χ1v) is 6.10. The molecule has 0 atom stereocenters. The van der Waals surface area contributed by atoms with Crippen LogP contribution in [-0.4, -0.2) is 32.9 Å². The molecule has 0 radical (unpaired) electrons. The summed E-state index contributed by atoms with van der Waals surface area (Å²) in [5.74, 6) is 4.83. The van der Waals surface area contributed by atoms with Crippen LogP contribution in [0, 0.1) is 12.3 Å². The monoisotopic (exact) mass is 387 g/mol. The van der Waals surface area contributed by atoms with Crippen molar-refractivity contribution in [2.45, 2.75) is 6.42 Å². The summed E-state index contributed by atoms with van der Waals surface area (Å²) in [6, 6.07) is 5.97. The molecule has 1 aliphatic heterocycles. The van der Waals surface area contributed by atoms with Gasteiger partial charge in [-0.25, -0.2) is 0 Å². The van der Waals surface area contributed by atoms with Gasteiger partial charge in [-0.2, -0.15) is 0 Å². The summed E-state index contributed by atoms with van der Waals surface area (Å²) in [4.78, 5) is 4.07. The lowest BCUT2D eigenvalue weighted by molar-refractivity contribution is 0.174. The number of guanidine groups is 1. The molecule has 0 amide bonds. The molecular weight excluding hydrogens is 369 g/mol. The molecule has 0 aromatic heterocycles. The highest BCUT2D eigenvalue weighted by atomic mass is 127. The lowest BCUT2D eigenvalue weighted by atomic mass is 10.1. The maximum absolute atomic E-state index is 5.34. The highest BCUT2D eigenvalue weighted by Gasteiger charge is 2.12. The first kappa shape index (κ1) is 16.4. The van der Waals surface area contributed by atoms with Crippen LogP contribution in [0.3, 0.4) is 0 Å². The van der Waals surface area contributed by atoms with E-state index in [1.165, 1.54) is 5.56 Å². The first-order valence-electron chi connectivity index (χ1n) is 6.10. The van der Waals surface area contributed by atoms with Crippen LogP contribution >= 0.6 is 24.0 Å². The Morgan fingerprint density at radius 2 is 2.15 bits per heavy atom. The SMILES string of the molecule is C#CCNC(=NC)NCCc1ccc2c(c1)OCO2.I. The Balaban J connectivity index is 0.00000200. The summed E-state index contributed by atoms with van der Waals surface area (Å²) in [5.41, 5.74) is 1.18. The van der Waals surface area contributed by atoms with Crippen LogP contribution < -0.4 is 20.1 Å². The molecule has 20 heavy (non-hydrogen) atoms. The van der Waals surface area contributed by atoms with E-state index in [2.05, 4.69) is 21.5 Å². The number of fused-ring (bicyclic) bond motifs is 1. The number of nitrogens with zero attached hydrogens (tertiary/aromatic N) is 1. The zero-order chi connectivity index (χ0) is 13.5. The Morgan fingerprint density at radius 3 is 2.90 bits per heavy atom. The third-order valence-electron chi connectivity index (χ3n) is 2.72. The molecule has 5 nitrogen and oxygen atoms in total. The Kier molecular flexibility index (Phi) is 7.01. The van der Waals surface area contributed by atoms with Crippen molar-refractivity contribution < 1.29 is 9.47 Å². The molecule has 0 saturated heterocycles. The molecule has 1 aromatic carbocycles. The summed E-state index contributed by atoms with van der Waals surface area (Å²) in [6.07, 6.45) is 6.05. The minimum absolute atomic E-state index is 0. The highest BCUT2D eigenvalue weighted by molar-refractivity contribution is 14.0. The van der Waals surface area contributed by atoms with Gasteiger partial charge in [0.05, 0.1) is 6.54 Å². The minimum atomic E-state index is 0. The maximum atomic E-state index is 5.34. The van der Waals surface area contributed by atoms with Crippen LogP contribution in [0.1, 0.15) is 5.56 Å². The lowest BCUT2D eigenvalue weighted by Gasteiger charge is -2.10. The van der Waals surface area contributed by atoms with Crippen molar-refractivity contribution in [3.63, 3.8) is 0 Å². The summed E-state index contributed by atoms with van der Waals surface area (Å²) in [5, 5.41) is 6.20. The van der Waals surface area contributed by atoms with Gasteiger partial charge in [-0.1, -0.05) is 12.0 Å². The van der Waals surface area contributed by atoms with Crippen LogP contribution in [0.2, 0.25) is 0 Å². The fourth-order valence-corrected chi connectivity index (χ4v) is 1.78. The molecular formula is C14H18IN3O2. The van der Waals surface area contributed by atoms with E-state index in [-0.39, 0.29) is 24.0 Å². The third-order valence-corrected chi connectivity index (χ3v) is 2.72. The van der Waals surface area contributed by atoms with Gasteiger partial charge in [0.15, 0.2) is 17.5 Å². The van der Waals surface area contributed by atoms with Crippen LogP contribution in [0.25, 0.3) is 0 Å². The van der Waals surface area contributed by atoms with Crippen molar-refractivity contribution in [3.05, 3.63) is 23.8 Å². The number of benzene rings is 1. The van der Waals surface area contributed by atoms with Crippen LogP contribution in [0.15, 0.2) is 23.2 Å². The maximum Gasteiger partial charge on any atom is 0.231 e. The number of hydrogen-bond donors (Lipinski definition) is 2. The van der Waals surface area contributed by atoms with Gasteiger partial charge in [-0.05, 0) is 24.1 Å². The van der Waals surface area contributed by atoms with E-state index in [9.17, 15) is 0 Å². The summed E-state index contributed by atoms with van der Waals surface area (Å²) in [7, 11) is 1.71. The molecule has 108 valence electrons. The third kappa shape index (κ3) is 4.49. The largest absolute Gasteiger partial charge is 0.454 e. The molecule has 1 aliphatic rings. The van der Waals surface area contributed by atoms with E-state index in [4.69, 9.17) is 15.9 Å². The molecule has 0 bridgehead atoms. The number of rotatable bonds is 4. The highest BCUT2D eigenvalue weighted by Crippen LogP contribution is 2.32. The zero-order valence-corrected chi connectivity index (χ0v) is 13.6. The lowest BCUT2D eigenvalue weighted by Crippen LogP contribution is -2.38. The Morgan fingerprint density at radius 1 is 1.35 bits per heavy atom. The quantitative estimate of drug-likeness (QED) is 0.355. The van der Waals surface area contributed by atoms with Crippen LogP contribution in [-0.2, 0) is 6.42 Å². The van der Waals surface area contributed by atoms with Gasteiger partial charge in [0.2, 0.25) is 6.79 Å². The molecule has 0 fully saturated rings. The first-order chi connectivity index (χ1) is 9.33. The van der Waals surface area contributed by atoms with Crippen molar-refractivity contribution in [1.82, 2.24) is 10.6 Å². The number of terminal acetylenes is 1. The van der Waals surface area contributed by atoms with Crippen molar-refractivity contribution in [2.75, 3.05) is 26.9 Å². The van der Waals surface area contributed by atoms with E-state index >= 15 is 0 Å². The van der Waals surface area contributed by atoms with E-state index in [0.717, 1.165) is 24.5 Å². The number of nitrogens with one attached hydrogen (secondary N) is 2. The van der Waals surface area contributed by atoms with Crippen molar-refractivity contribution in [1.29, 1.82) is 0 Å². The molecule has 6 heteroatoms. The smallest absolute Gasteiger partial charge is 0.231 e. The second kappa shape index (κ2) is 8.53. The van der Waals surface area contributed by atoms with Crippen molar-refractivity contribution in [2.24, 2.45) is 4.99 Å². The van der Waals surface area contributed by atoms with Crippen molar-refractivity contribution >= 4 is 29.9 Å². The van der Waals surface area contributed by atoms with Crippen LogP contribution in [0.5, 0.6) is 11.5 Å². The minimum Gasteiger partial charge on any atom is -0.454 e. The van der Waals surface area contributed by atoms with Gasteiger partial charge < -0.3 is 20.1 Å². The predicted molar refractivity (Wildman–Crippen MR) is 89.9 cm³/mol. The molecule has 2 N–H and O–H groups in total. The Bertz CT molecular complexity index is 512. The number of ether oxygens (including phenoxy) is 2. The molecule has 0 spiro atoms. The molecule has 0 saturated carbocycles. The standard InChI is InChI=1S/C14H17N3O2.HI/c1-3-7-16-14(15-2)17-8-6-11-4-5-12-13(9-11)19-10-18-12;/h1,4-5,9H,6-8,10H2,2H3,(H2,15,16,17);1H. The van der Waals surface area contributed by atoms with E-state index in [1.54, 1.807) is 7.05 Å². The van der Waals surface area contributed by atoms with Gasteiger partial charge in [-0.15, -0.1) is 30.4 Å². The van der Waals surface area contributed by atoms with Gasteiger partial charge in [0.25, 0.3) is 0 Å². The summed E-state index contributed by atoms with van der Waals surface area (Å²) in [6.45, 7) is 1.53. The zero-order valence-electron chi connectivity index (χ0n) is 11.3. The second-order valence-corrected chi connectivity index (χ2v) is 3.99. The fraction of sp³-hybridized carbons (Fsp3) is 0.357. The summed E-state index contributed by atoms with van der Waals surface area (Å²) >= 11 is 0. The van der Waals surface area contributed by atoms with Gasteiger partial charge in [-0.3, -0.25) is 4.99 Å². The van der Waals surface area contributed by atoms with Gasteiger partial charge in [0.1, 0.15) is 0 Å². The number of halogens is 1. The summed E-state index contributed by atoms with van der Waals surface area (Å²) < 4.78 is 10.6.